The molecular formula is C11H16N2O3. The molecule has 88 valence electrons. The summed E-state index contributed by atoms with van der Waals surface area (Å²) < 4.78 is 5.18. The number of benzene rings is 1. The first kappa shape index (κ1) is 12.4. The molecule has 0 aromatic heterocycles. The van der Waals surface area contributed by atoms with Crippen LogP contribution in [0.5, 0.6) is 0 Å². The fourth-order valence-corrected chi connectivity index (χ4v) is 1.38. The van der Waals surface area contributed by atoms with E-state index in [-0.39, 0.29) is 10.6 Å². The van der Waals surface area contributed by atoms with E-state index in [0.29, 0.717) is 25.3 Å². The third-order valence-corrected chi connectivity index (χ3v) is 2.17. The van der Waals surface area contributed by atoms with Crippen LogP contribution in [-0.2, 0) is 4.74 Å². The Kier molecular flexibility index (Phi) is 4.72. The average Bonchev–Trinajstić information content (AvgIpc) is 2.24. The van der Waals surface area contributed by atoms with Gasteiger partial charge in [-0.05, 0) is 26.0 Å². The van der Waals surface area contributed by atoms with Crippen molar-refractivity contribution < 1.29 is 9.66 Å². The Bertz CT molecular complexity index is 366. The van der Waals surface area contributed by atoms with Crippen LogP contribution >= 0.6 is 0 Å². The van der Waals surface area contributed by atoms with Crippen molar-refractivity contribution in [2.45, 2.75) is 13.8 Å². The fraction of sp³-hybridized carbons (Fsp3) is 0.455. The number of nitro benzene ring substituents is 1. The maximum atomic E-state index is 10.6. The highest BCUT2D eigenvalue weighted by molar-refractivity contribution is 5.53. The topological polar surface area (TPSA) is 64.4 Å². The standard InChI is InChI=1S/C11H16N2O3/c1-3-16-7-6-12-10-4-5-11(13(14)15)9(2)8-10/h4-5,8,12H,3,6-7H2,1-2H3. The first-order chi connectivity index (χ1) is 7.65. The van der Waals surface area contributed by atoms with Crippen molar-refractivity contribution in [3.8, 4) is 0 Å². The van der Waals surface area contributed by atoms with Gasteiger partial charge in [-0.2, -0.15) is 0 Å². The van der Waals surface area contributed by atoms with Gasteiger partial charge in [0, 0.05) is 30.5 Å². The van der Waals surface area contributed by atoms with Gasteiger partial charge in [0.2, 0.25) is 0 Å². The molecule has 0 saturated carbocycles. The van der Waals surface area contributed by atoms with Crippen LogP contribution in [0.25, 0.3) is 0 Å². The molecule has 0 aliphatic rings. The maximum Gasteiger partial charge on any atom is 0.272 e. The zero-order valence-electron chi connectivity index (χ0n) is 9.53. The van der Waals surface area contributed by atoms with Crippen LogP contribution in [0.2, 0.25) is 0 Å². The summed E-state index contributed by atoms with van der Waals surface area (Å²) in [6.07, 6.45) is 0. The lowest BCUT2D eigenvalue weighted by atomic mass is 10.2. The summed E-state index contributed by atoms with van der Waals surface area (Å²) in [5.41, 5.74) is 1.68. The van der Waals surface area contributed by atoms with Gasteiger partial charge < -0.3 is 10.1 Å². The zero-order valence-corrected chi connectivity index (χ0v) is 9.53. The SMILES string of the molecule is CCOCCNc1ccc([N+](=O)[O-])c(C)c1. The van der Waals surface area contributed by atoms with Crippen molar-refractivity contribution >= 4 is 11.4 Å². The van der Waals surface area contributed by atoms with Gasteiger partial charge in [0.1, 0.15) is 0 Å². The maximum absolute atomic E-state index is 10.6. The molecule has 0 atom stereocenters. The molecular weight excluding hydrogens is 208 g/mol. The Balaban J connectivity index is 2.56. The molecule has 0 saturated heterocycles. The lowest BCUT2D eigenvalue weighted by Crippen LogP contribution is -2.09. The predicted octanol–water partition coefficient (Wildman–Crippen LogP) is 2.35. The van der Waals surface area contributed by atoms with Crippen molar-refractivity contribution in [2.24, 2.45) is 0 Å². The van der Waals surface area contributed by atoms with Crippen molar-refractivity contribution in [3.05, 3.63) is 33.9 Å². The summed E-state index contributed by atoms with van der Waals surface area (Å²) >= 11 is 0. The molecule has 16 heavy (non-hydrogen) atoms. The van der Waals surface area contributed by atoms with Crippen molar-refractivity contribution in [2.75, 3.05) is 25.1 Å². The van der Waals surface area contributed by atoms with Gasteiger partial charge in [0.15, 0.2) is 0 Å². The normalized spacial score (nSPS) is 10.1. The number of hydrogen-bond donors (Lipinski definition) is 1. The number of nitro groups is 1. The number of nitrogens with zero attached hydrogens (tertiary/aromatic N) is 1. The van der Waals surface area contributed by atoms with Crippen LogP contribution in [0, 0.1) is 17.0 Å². The second-order valence-corrected chi connectivity index (χ2v) is 3.38. The first-order valence-corrected chi connectivity index (χ1v) is 5.21. The number of ether oxygens (including phenoxy) is 1. The van der Waals surface area contributed by atoms with Crippen molar-refractivity contribution in [1.82, 2.24) is 0 Å². The first-order valence-electron chi connectivity index (χ1n) is 5.21. The van der Waals surface area contributed by atoms with E-state index in [1.165, 1.54) is 6.07 Å². The minimum absolute atomic E-state index is 0.148. The molecule has 0 unspecified atom stereocenters. The lowest BCUT2D eigenvalue weighted by molar-refractivity contribution is -0.385. The number of nitrogens with one attached hydrogen (secondary N) is 1. The predicted molar refractivity (Wildman–Crippen MR) is 62.8 cm³/mol. The van der Waals surface area contributed by atoms with E-state index in [0.717, 1.165) is 5.69 Å². The molecule has 0 amide bonds. The van der Waals surface area contributed by atoms with Gasteiger partial charge in [-0.1, -0.05) is 0 Å². The second-order valence-electron chi connectivity index (χ2n) is 3.38. The largest absolute Gasteiger partial charge is 0.383 e. The van der Waals surface area contributed by atoms with Crippen LogP contribution in [0.15, 0.2) is 18.2 Å². The Morgan fingerprint density at radius 2 is 2.25 bits per heavy atom. The summed E-state index contributed by atoms with van der Waals surface area (Å²) in [5, 5.41) is 13.7. The third-order valence-electron chi connectivity index (χ3n) is 2.17. The molecule has 0 spiro atoms. The van der Waals surface area contributed by atoms with E-state index < -0.39 is 0 Å². The van der Waals surface area contributed by atoms with E-state index in [2.05, 4.69) is 5.32 Å². The molecule has 1 N–H and O–H groups in total. The van der Waals surface area contributed by atoms with E-state index in [1.807, 2.05) is 6.92 Å². The molecule has 0 aliphatic heterocycles. The lowest BCUT2D eigenvalue weighted by Gasteiger charge is -2.07. The molecule has 0 heterocycles. The number of aryl methyl sites for hydroxylation is 1. The number of anilines is 1. The zero-order chi connectivity index (χ0) is 12.0. The average molecular weight is 224 g/mol. The molecule has 0 fully saturated rings. The molecule has 0 bridgehead atoms. The summed E-state index contributed by atoms with van der Waals surface area (Å²) in [5.74, 6) is 0. The van der Waals surface area contributed by atoms with E-state index in [4.69, 9.17) is 4.74 Å². The van der Waals surface area contributed by atoms with Gasteiger partial charge in [-0.15, -0.1) is 0 Å². The third kappa shape index (κ3) is 3.51. The highest BCUT2D eigenvalue weighted by Gasteiger charge is 2.09. The second kappa shape index (κ2) is 6.07. The minimum Gasteiger partial charge on any atom is -0.383 e. The molecule has 0 radical (unpaired) electrons. The highest BCUT2D eigenvalue weighted by Crippen LogP contribution is 2.21. The minimum atomic E-state index is -0.376. The van der Waals surface area contributed by atoms with Crippen LogP contribution in [0.1, 0.15) is 12.5 Å². The van der Waals surface area contributed by atoms with Crippen LogP contribution in [0.4, 0.5) is 11.4 Å². The number of rotatable bonds is 6. The van der Waals surface area contributed by atoms with Crippen molar-refractivity contribution in [1.29, 1.82) is 0 Å². The Morgan fingerprint density at radius 1 is 1.50 bits per heavy atom. The quantitative estimate of drug-likeness (QED) is 0.457. The monoisotopic (exact) mass is 224 g/mol. The molecule has 0 aliphatic carbocycles. The van der Waals surface area contributed by atoms with Gasteiger partial charge in [0.05, 0.1) is 11.5 Å². The Morgan fingerprint density at radius 3 is 2.81 bits per heavy atom. The Labute approximate surface area is 94.6 Å². The smallest absolute Gasteiger partial charge is 0.272 e. The van der Waals surface area contributed by atoms with Crippen LogP contribution < -0.4 is 5.32 Å². The molecule has 1 rings (SSSR count). The fourth-order valence-electron chi connectivity index (χ4n) is 1.38. The molecule has 5 nitrogen and oxygen atoms in total. The summed E-state index contributed by atoms with van der Waals surface area (Å²) in [6.45, 7) is 5.69. The van der Waals surface area contributed by atoms with Gasteiger partial charge in [-0.3, -0.25) is 10.1 Å². The van der Waals surface area contributed by atoms with Gasteiger partial charge in [0.25, 0.3) is 5.69 Å². The van der Waals surface area contributed by atoms with E-state index in [1.54, 1.807) is 19.1 Å². The van der Waals surface area contributed by atoms with E-state index >= 15 is 0 Å². The number of hydrogen-bond acceptors (Lipinski definition) is 4. The van der Waals surface area contributed by atoms with Crippen LogP contribution in [-0.4, -0.2) is 24.7 Å². The molecule has 1 aromatic rings. The van der Waals surface area contributed by atoms with Gasteiger partial charge in [-0.25, -0.2) is 0 Å². The summed E-state index contributed by atoms with van der Waals surface area (Å²) in [4.78, 5) is 10.2. The molecule has 1 aromatic carbocycles. The summed E-state index contributed by atoms with van der Waals surface area (Å²) in [7, 11) is 0. The highest BCUT2D eigenvalue weighted by atomic mass is 16.6. The van der Waals surface area contributed by atoms with Crippen LogP contribution in [0.3, 0.4) is 0 Å². The van der Waals surface area contributed by atoms with E-state index in [9.17, 15) is 10.1 Å². The van der Waals surface area contributed by atoms with Crippen molar-refractivity contribution in [3.63, 3.8) is 0 Å². The summed E-state index contributed by atoms with van der Waals surface area (Å²) in [6, 6.07) is 4.99. The Hall–Kier alpha value is -1.62. The molecule has 5 heteroatoms. The van der Waals surface area contributed by atoms with Gasteiger partial charge >= 0.3 is 0 Å².